The fourth-order valence-corrected chi connectivity index (χ4v) is 2.64. The van der Waals surface area contributed by atoms with E-state index in [9.17, 15) is 9.18 Å². The minimum absolute atomic E-state index is 0.00687. The number of carbonyl (C=O) groups is 1. The van der Waals surface area contributed by atoms with Crippen molar-refractivity contribution in [2.45, 2.75) is 0 Å². The molecule has 0 aromatic heterocycles. The van der Waals surface area contributed by atoms with Crippen LogP contribution in [-0.4, -0.2) is 5.78 Å². The average Bonchev–Trinajstić information content (AvgIpc) is 2.36. The van der Waals surface area contributed by atoms with Crippen molar-refractivity contribution in [2.24, 2.45) is 0 Å². The maximum Gasteiger partial charge on any atom is 0.199 e. The third kappa shape index (κ3) is 2.72. The number of hydrogen-bond acceptors (Lipinski definition) is 1. The van der Waals surface area contributed by atoms with E-state index >= 15 is 0 Å². The van der Waals surface area contributed by atoms with Crippen LogP contribution in [0.2, 0.25) is 20.1 Å². The van der Waals surface area contributed by atoms with Gasteiger partial charge in [0.2, 0.25) is 0 Å². The largest absolute Gasteiger partial charge is 0.288 e. The Hall–Kier alpha value is -0.800. The summed E-state index contributed by atoms with van der Waals surface area (Å²) < 4.78 is 13.6. The van der Waals surface area contributed by atoms with Gasteiger partial charge in [0.15, 0.2) is 5.78 Å². The van der Waals surface area contributed by atoms with Crippen LogP contribution in [0.3, 0.4) is 0 Å². The third-order valence-corrected chi connectivity index (χ3v) is 4.02. The molecule has 0 N–H and O–H groups in total. The summed E-state index contributed by atoms with van der Waals surface area (Å²) in [7, 11) is 0. The van der Waals surface area contributed by atoms with Crippen molar-refractivity contribution < 1.29 is 9.18 Å². The predicted octanol–water partition coefficient (Wildman–Crippen LogP) is 5.67. The van der Waals surface area contributed by atoms with Gasteiger partial charge >= 0.3 is 0 Å². The molecule has 0 aliphatic heterocycles. The number of benzene rings is 2. The summed E-state index contributed by atoms with van der Waals surface area (Å²) in [5.41, 5.74) is -0.201. The molecule has 98 valence electrons. The average molecular weight is 338 g/mol. The molecule has 0 saturated heterocycles. The fourth-order valence-electron chi connectivity index (χ4n) is 1.55. The van der Waals surface area contributed by atoms with Crippen molar-refractivity contribution in [1.82, 2.24) is 0 Å². The smallest absolute Gasteiger partial charge is 0.199 e. The third-order valence-electron chi connectivity index (χ3n) is 2.46. The van der Waals surface area contributed by atoms with Gasteiger partial charge in [0.05, 0.1) is 31.2 Å². The van der Waals surface area contributed by atoms with Crippen molar-refractivity contribution in [1.29, 1.82) is 0 Å². The van der Waals surface area contributed by atoms with Crippen molar-refractivity contribution in [3.63, 3.8) is 0 Å². The minimum Gasteiger partial charge on any atom is -0.288 e. The molecule has 0 amide bonds. The van der Waals surface area contributed by atoms with Gasteiger partial charge in [-0.05, 0) is 18.2 Å². The van der Waals surface area contributed by atoms with Gasteiger partial charge in [-0.25, -0.2) is 4.39 Å². The first kappa shape index (κ1) is 14.6. The number of rotatable bonds is 2. The summed E-state index contributed by atoms with van der Waals surface area (Å²) >= 11 is 23.5. The maximum absolute atomic E-state index is 13.6. The van der Waals surface area contributed by atoms with Gasteiger partial charge in [-0.3, -0.25) is 4.79 Å². The van der Waals surface area contributed by atoms with E-state index in [1.807, 2.05) is 0 Å². The van der Waals surface area contributed by atoms with E-state index in [0.29, 0.717) is 0 Å². The molecular weight excluding hydrogens is 333 g/mol. The Balaban J connectivity index is 2.64. The molecule has 0 bridgehead atoms. The monoisotopic (exact) mass is 336 g/mol. The number of hydrogen-bond donors (Lipinski definition) is 0. The summed E-state index contributed by atoms with van der Waals surface area (Å²) in [5, 5.41) is 0.0641. The molecule has 0 aliphatic rings. The predicted molar refractivity (Wildman–Crippen MR) is 76.3 cm³/mol. The second-order valence-electron chi connectivity index (χ2n) is 3.65. The number of carbonyl (C=O) groups excluding carboxylic acids is 1. The van der Waals surface area contributed by atoms with Gasteiger partial charge in [-0.15, -0.1) is 0 Å². The summed E-state index contributed by atoms with van der Waals surface area (Å²) in [5.74, 6) is -1.31. The maximum atomic E-state index is 13.6. The van der Waals surface area contributed by atoms with Gasteiger partial charge in [-0.2, -0.15) is 0 Å². The van der Waals surface area contributed by atoms with E-state index in [1.165, 1.54) is 30.3 Å². The van der Waals surface area contributed by atoms with Crippen LogP contribution in [0.15, 0.2) is 30.3 Å². The van der Waals surface area contributed by atoms with Crippen LogP contribution in [0, 0.1) is 5.82 Å². The molecule has 0 heterocycles. The van der Waals surface area contributed by atoms with Gasteiger partial charge in [-0.1, -0.05) is 58.5 Å². The lowest BCUT2D eigenvalue weighted by Gasteiger charge is -2.09. The molecule has 0 atom stereocenters. The zero-order valence-corrected chi connectivity index (χ0v) is 12.2. The highest BCUT2D eigenvalue weighted by Crippen LogP contribution is 2.38. The molecule has 19 heavy (non-hydrogen) atoms. The van der Waals surface area contributed by atoms with Crippen LogP contribution >= 0.6 is 46.4 Å². The molecule has 2 rings (SSSR count). The lowest BCUT2D eigenvalue weighted by atomic mass is 10.0. The van der Waals surface area contributed by atoms with E-state index in [1.54, 1.807) is 0 Å². The van der Waals surface area contributed by atoms with Gasteiger partial charge in [0, 0.05) is 0 Å². The van der Waals surface area contributed by atoms with E-state index < -0.39 is 11.6 Å². The van der Waals surface area contributed by atoms with Crippen molar-refractivity contribution in [3.05, 3.63) is 67.4 Å². The molecule has 0 aliphatic carbocycles. The normalized spacial score (nSPS) is 10.6. The number of halogens is 5. The molecule has 0 saturated carbocycles. The Morgan fingerprint density at radius 2 is 1.58 bits per heavy atom. The molecular formula is C13H5Cl4FO. The topological polar surface area (TPSA) is 17.1 Å². The highest BCUT2D eigenvalue weighted by Gasteiger charge is 2.22. The molecule has 0 radical (unpaired) electrons. The lowest BCUT2D eigenvalue weighted by Crippen LogP contribution is -2.06. The Morgan fingerprint density at radius 1 is 0.947 bits per heavy atom. The van der Waals surface area contributed by atoms with Gasteiger partial charge in [0.1, 0.15) is 5.82 Å². The van der Waals surface area contributed by atoms with E-state index in [2.05, 4.69) is 0 Å². The Kier molecular flexibility index (Phi) is 4.36. The van der Waals surface area contributed by atoms with E-state index in [-0.39, 0.29) is 31.2 Å². The molecule has 1 nitrogen and oxygen atoms in total. The number of ketones is 1. The van der Waals surface area contributed by atoms with Crippen LogP contribution in [0.5, 0.6) is 0 Å². The van der Waals surface area contributed by atoms with E-state index in [4.69, 9.17) is 46.4 Å². The Bertz CT molecular complexity index is 670. The summed E-state index contributed by atoms with van der Waals surface area (Å²) in [6.45, 7) is 0. The zero-order chi connectivity index (χ0) is 14.2. The molecule has 0 unspecified atom stereocenters. The zero-order valence-electron chi connectivity index (χ0n) is 9.18. The molecule has 6 heteroatoms. The van der Waals surface area contributed by atoms with Gasteiger partial charge in [0.25, 0.3) is 0 Å². The highest BCUT2D eigenvalue weighted by atomic mass is 35.5. The summed E-state index contributed by atoms with van der Waals surface area (Å²) in [6.07, 6.45) is 0. The molecule has 2 aromatic carbocycles. The molecule has 2 aromatic rings. The van der Waals surface area contributed by atoms with Crippen molar-refractivity contribution >= 4 is 52.2 Å². The van der Waals surface area contributed by atoms with Gasteiger partial charge < -0.3 is 0 Å². The van der Waals surface area contributed by atoms with Crippen molar-refractivity contribution in [2.75, 3.05) is 0 Å². The fraction of sp³-hybridized carbons (Fsp3) is 0. The summed E-state index contributed by atoms with van der Waals surface area (Å²) in [4.78, 5) is 12.3. The first-order chi connectivity index (χ1) is 8.93. The highest BCUT2D eigenvalue weighted by molar-refractivity contribution is 6.51. The lowest BCUT2D eigenvalue weighted by molar-refractivity contribution is 0.103. The van der Waals surface area contributed by atoms with Crippen LogP contribution in [0.4, 0.5) is 4.39 Å². The molecule has 0 spiro atoms. The first-order valence-electron chi connectivity index (χ1n) is 5.05. The van der Waals surface area contributed by atoms with Crippen molar-refractivity contribution in [3.8, 4) is 0 Å². The van der Waals surface area contributed by atoms with Crippen LogP contribution < -0.4 is 0 Å². The first-order valence-corrected chi connectivity index (χ1v) is 6.57. The summed E-state index contributed by atoms with van der Waals surface area (Å²) in [6, 6.07) is 6.82. The van der Waals surface area contributed by atoms with E-state index in [0.717, 1.165) is 0 Å². The second-order valence-corrected chi connectivity index (χ2v) is 5.22. The molecule has 0 fully saturated rings. The minimum atomic E-state index is -0.661. The Morgan fingerprint density at radius 3 is 2.21 bits per heavy atom. The van der Waals surface area contributed by atoms with Crippen LogP contribution in [0.1, 0.15) is 15.9 Å². The van der Waals surface area contributed by atoms with Crippen LogP contribution in [-0.2, 0) is 0 Å². The standard InChI is InChI=1S/C13H5Cl4FO/c14-7-5-8(15)11(16)12(17)10(7)13(19)6-3-1-2-4-9(6)18/h1-5H. The SMILES string of the molecule is O=C(c1ccccc1F)c1c(Cl)cc(Cl)c(Cl)c1Cl. The quantitative estimate of drug-likeness (QED) is 0.392. The van der Waals surface area contributed by atoms with Crippen LogP contribution in [0.25, 0.3) is 0 Å². The Labute approximate surface area is 128 Å². The second kappa shape index (κ2) is 5.68.